The second kappa shape index (κ2) is 8.88. The Labute approximate surface area is 190 Å². The van der Waals surface area contributed by atoms with E-state index in [4.69, 9.17) is 28.2 Å². The number of benzene rings is 3. The van der Waals surface area contributed by atoms with Crippen molar-refractivity contribution in [2.75, 3.05) is 0 Å². The zero-order valence-corrected chi connectivity index (χ0v) is 18.5. The molecule has 0 aliphatic carbocycles. The van der Waals surface area contributed by atoms with E-state index in [1.165, 1.54) is 0 Å². The molecule has 1 N–H and O–H groups in total. The maximum atomic E-state index is 13.1. The molecule has 4 rings (SSSR count). The van der Waals surface area contributed by atoms with Crippen LogP contribution in [-0.4, -0.2) is 16.6 Å². The topological polar surface area (TPSA) is 54.4 Å². The molecule has 0 bridgehead atoms. The Hall–Kier alpha value is -3.21. The molecule has 4 nitrogen and oxygen atoms in total. The van der Waals surface area contributed by atoms with Crippen molar-refractivity contribution in [3.05, 3.63) is 99.5 Å². The predicted octanol–water partition coefficient (Wildman–Crippen LogP) is 6.67. The second-order valence-corrected chi connectivity index (χ2v) is 8.04. The summed E-state index contributed by atoms with van der Waals surface area (Å²) < 4.78 is 0. The lowest BCUT2D eigenvalue weighted by Crippen LogP contribution is -2.20. The Morgan fingerprint density at radius 1 is 0.935 bits per heavy atom. The van der Waals surface area contributed by atoms with Gasteiger partial charge in [0.2, 0.25) is 0 Å². The highest BCUT2D eigenvalue weighted by atomic mass is 35.5. The summed E-state index contributed by atoms with van der Waals surface area (Å²) in [6, 6.07) is 22.5. The van der Waals surface area contributed by atoms with Gasteiger partial charge in [0.1, 0.15) is 0 Å². The summed E-state index contributed by atoms with van der Waals surface area (Å²) >= 11 is 12.2. The van der Waals surface area contributed by atoms with Crippen molar-refractivity contribution in [2.45, 2.75) is 13.8 Å². The van der Waals surface area contributed by atoms with Gasteiger partial charge in [-0.15, -0.1) is 0 Å². The first-order valence-electron chi connectivity index (χ1n) is 9.69. The zero-order valence-electron chi connectivity index (χ0n) is 17.0. The minimum Gasteiger partial charge on any atom is -0.267 e. The first kappa shape index (κ1) is 21.0. The molecule has 1 aromatic heterocycles. The number of carbonyl (C=O) groups is 1. The molecular weight excluding hydrogens is 429 g/mol. The number of halogens is 2. The van der Waals surface area contributed by atoms with Gasteiger partial charge in [-0.3, -0.25) is 4.79 Å². The van der Waals surface area contributed by atoms with E-state index in [0.717, 1.165) is 27.7 Å². The number of rotatable bonds is 4. The van der Waals surface area contributed by atoms with E-state index < -0.39 is 0 Å². The minimum absolute atomic E-state index is 0.323. The molecule has 3 aromatic carbocycles. The molecule has 6 heteroatoms. The van der Waals surface area contributed by atoms with Crippen molar-refractivity contribution >= 4 is 45.7 Å². The minimum atomic E-state index is -0.323. The fraction of sp³-hybridized carbons (Fsp3) is 0.0800. The summed E-state index contributed by atoms with van der Waals surface area (Å²) in [4.78, 5) is 17.8. The van der Waals surface area contributed by atoms with Crippen LogP contribution in [0.15, 0.2) is 77.9 Å². The molecule has 4 aromatic rings. The van der Waals surface area contributed by atoms with Crippen LogP contribution in [0, 0.1) is 6.92 Å². The smallest absolute Gasteiger partial charge is 0.267 e. The predicted molar refractivity (Wildman–Crippen MR) is 128 cm³/mol. The number of nitrogens with one attached hydrogen (secondary N) is 1. The summed E-state index contributed by atoms with van der Waals surface area (Å²) in [6.07, 6.45) is 0. The number of fused-ring (bicyclic) bond motifs is 1. The van der Waals surface area contributed by atoms with Crippen molar-refractivity contribution in [3.63, 3.8) is 0 Å². The largest absolute Gasteiger partial charge is 0.272 e. The molecule has 1 amide bonds. The number of hydrogen-bond acceptors (Lipinski definition) is 3. The number of aryl methyl sites for hydroxylation is 1. The Morgan fingerprint density at radius 2 is 1.68 bits per heavy atom. The van der Waals surface area contributed by atoms with Crippen molar-refractivity contribution < 1.29 is 4.79 Å². The van der Waals surface area contributed by atoms with Crippen LogP contribution in [0.25, 0.3) is 22.2 Å². The molecule has 0 saturated carbocycles. The number of nitrogens with zero attached hydrogens (tertiary/aromatic N) is 2. The van der Waals surface area contributed by atoms with Gasteiger partial charge >= 0.3 is 0 Å². The molecule has 0 aliphatic heterocycles. The van der Waals surface area contributed by atoms with Crippen LogP contribution in [0.5, 0.6) is 0 Å². The monoisotopic (exact) mass is 447 g/mol. The lowest BCUT2D eigenvalue weighted by molar-refractivity contribution is 0.0956. The molecule has 0 spiro atoms. The molecule has 0 aliphatic rings. The first-order chi connectivity index (χ1) is 14.9. The third-order valence-corrected chi connectivity index (χ3v) is 5.50. The van der Waals surface area contributed by atoms with Crippen LogP contribution >= 0.6 is 23.2 Å². The van der Waals surface area contributed by atoms with Crippen LogP contribution in [0.2, 0.25) is 10.0 Å². The third kappa shape index (κ3) is 4.61. The van der Waals surface area contributed by atoms with E-state index in [1.54, 1.807) is 31.2 Å². The van der Waals surface area contributed by atoms with Crippen molar-refractivity contribution in [2.24, 2.45) is 5.10 Å². The highest BCUT2D eigenvalue weighted by Gasteiger charge is 2.14. The van der Waals surface area contributed by atoms with Crippen molar-refractivity contribution in [1.29, 1.82) is 0 Å². The summed E-state index contributed by atoms with van der Waals surface area (Å²) in [7, 11) is 0. The average Bonchev–Trinajstić information content (AvgIpc) is 2.77. The first-order valence-corrected chi connectivity index (χ1v) is 10.4. The van der Waals surface area contributed by atoms with Crippen molar-refractivity contribution in [3.8, 4) is 11.3 Å². The number of carbonyl (C=O) groups excluding carboxylic acids is 1. The molecule has 0 atom stereocenters. The molecule has 1 heterocycles. The Kier molecular flexibility index (Phi) is 6.03. The van der Waals surface area contributed by atoms with Gasteiger partial charge in [0.25, 0.3) is 5.91 Å². The number of hydrogen-bond donors (Lipinski definition) is 1. The summed E-state index contributed by atoms with van der Waals surface area (Å²) in [5, 5.41) is 6.02. The van der Waals surface area contributed by atoms with Gasteiger partial charge in [-0.1, -0.05) is 77.3 Å². The van der Waals surface area contributed by atoms with Gasteiger partial charge < -0.3 is 0 Å². The Bertz CT molecular complexity index is 1310. The Morgan fingerprint density at radius 3 is 2.42 bits per heavy atom. The zero-order chi connectivity index (χ0) is 22.0. The molecule has 0 fully saturated rings. The van der Waals surface area contributed by atoms with E-state index in [1.807, 2.05) is 55.5 Å². The van der Waals surface area contributed by atoms with E-state index in [2.05, 4.69) is 10.5 Å². The highest BCUT2D eigenvalue weighted by Crippen LogP contribution is 2.25. The molecule has 0 saturated heterocycles. The Balaban J connectivity index is 1.70. The van der Waals surface area contributed by atoms with E-state index in [-0.39, 0.29) is 5.91 Å². The summed E-state index contributed by atoms with van der Waals surface area (Å²) in [6.45, 7) is 3.81. The maximum absolute atomic E-state index is 13.1. The fourth-order valence-electron chi connectivity index (χ4n) is 3.27. The van der Waals surface area contributed by atoms with Gasteiger partial charge in [-0.05, 0) is 38.1 Å². The number of aromatic nitrogens is 1. The molecule has 154 valence electrons. The highest BCUT2D eigenvalue weighted by molar-refractivity contribution is 6.37. The maximum Gasteiger partial charge on any atom is 0.272 e. The van der Waals surface area contributed by atoms with E-state index in [9.17, 15) is 4.79 Å². The second-order valence-electron chi connectivity index (χ2n) is 7.20. The van der Waals surface area contributed by atoms with Gasteiger partial charge in [0, 0.05) is 21.5 Å². The van der Waals surface area contributed by atoms with Gasteiger partial charge in [-0.2, -0.15) is 5.10 Å². The van der Waals surface area contributed by atoms with Crippen LogP contribution in [0.4, 0.5) is 0 Å². The fourth-order valence-corrected chi connectivity index (χ4v) is 3.82. The van der Waals surface area contributed by atoms with Crippen molar-refractivity contribution in [1.82, 2.24) is 10.4 Å². The average molecular weight is 448 g/mol. The SMILES string of the molecule is CC(=NNC(=O)c1cc(-c2ccc(C)cc2)nc2ccccc12)c1ccc(Cl)cc1Cl. The van der Waals surface area contributed by atoms with Crippen LogP contribution in [0.1, 0.15) is 28.4 Å². The summed E-state index contributed by atoms with van der Waals surface area (Å²) in [5.74, 6) is -0.323. The van der Waals surface area contributed by atoms with Gasteiger partial charge in [0.05, 0.1) is 27.5 Å². The standard InChI is InChI=1S/C25H19Cl2N3O/c1-15-7-9-17(10-8-15)24-14-21(20-5-3-4-6-23(20)28-24)25(31)30-29-16(2)19-12-11-18(26)13-22(19)27/h3-14H,1-2H3,(H,30,31). The van der Waals surface area contributed by atoms with Gasteiger partial charge in [0.15, 0.2) is 0 Å². The third-order valence-electron chi connectivity index (χ3n) is 4.95. The molecule has 31 heavy (non-hydrogen) atoms. The molecular formula is C25H19Cl2N3O. The number of para-hydroxylation sites is 1. The summed E-state index contributed by atoms with van der Waals surface area (Å²) in [5.41, 5.74) is 8.00. The quantitative estimate of drug-likeness (QED) is 0.280. The van der Waals surface area contributed by atoms with Crippen LogP contribution in [-0.2, 0) is 0 Å². The van der Waals surface area contributed by atoms with Crippen LogP contribution in [0.3, 0.4) is 0 Å². The normalized spacial score (nSPS) is 11.5. The van der Waals surface area contributed by atoms with Gasteiger partial charge in [-0.25, -0.2) is 10.4 Å². The lowest BCUT2D eigenvalue weighted by Gasteiger charge is -2.10. The van der Waals surface area contributed by atoms with Crippen LogP contribution < -0.4 is 5.43 Å². The number of amides is 1. The molecule has 0 unspecified atom stereocenters. The lowest BCUT2D eigenvalue weighted by atomic mass is 10.0. The molecule has 0 radical (unpaired) electrons. The van der Waals surface area contributed by atoms with E-state index in [0.29, 0.717) is 26.9 Å². The number of pyridine rings is 1. The van der Waals surface area contributed by atoms with E-state index >= 15 is 0 Å². The number of hydrazone groups is 1.